The fraction of sp³-hybridized carbons (Fsp3) is 0.385. The minimum Gasteiger partial charge on any atom is -0.207 e. The predicted molar refractivity (Wildman–Crippen MR) is 62.4 cm³/mol. The van der Waals surface area contributed by atoms with E-state index in [1.54, 1.807) is 0 Å². The van der Waals surface area contributed by atoms with Gasteiger partial charge in [0, 0.05) is 5.56 Å². The number of benzene rings is 1. The molecule has 1 aliphatic heterocycles. The van der Waals surface area contributed by atoms with Crippen LogP contribution in [-0.4, -0.2) is 6.54 Å². The molecule has 1 aliphatic rings. The zero-order chi connectivity index (χ0) is 10.7. The maximum Gasteiger partial charge on any atom is 0.0763 e. The molecule has 0 unspecified atom stereocenters. The molecule has 15 heavy (non-hydrogen) atoms. The molecule has 1 heterocycles. The van der Waals surface area contributed by atoms with Crippen LogP contribution >= 0.6 is 0 Å². The van der Waals surface area contributed by atoms with E-state index < -0.39 is 0 Å². The number of fused-ring (bicyclic) bond motifs is 1. The molecule has 0 atom stereocenters. The van der Waals surface area contributed by atoms with Crippen molar-refractivity contribution in [2.75, 3.05) is 11.7 Å². The van der Waals surface area contributed by atoms with Gasteiger partial charge in [-0.25, -0.2) is 5.12 Å². The van der Waals surface area contributed by atoms with E-state index in [4.69, 9.17) is 0 Å². The quantitative estimate of drug-likeness (QED) is 0.675. The van der Waals surface area contributed by atoms with Crippen molar-refractivity contribution in [2.45, 2.75) is 26.2 Å². The van der Waals surface area contributed by atoms with Gasteiger partial charge in [0.15, 0.2) is 0 Å². The van der Waals surface area contributed by atoms with Crippen LogP contribution in [0, 0.1) is 0 Å². The molecule has 1 aromatic rings. The van der Waals surface area contributed by atoms with Gasteiger partial charge in [-0.1, -0.05) is 42.1 Å². The van der Waals surface area contributed by atoms with Gasteiger partial charge in [0.05, 0.1) is 12.2 Å². The smallest absolute Gasteiger partial charge is 0.0763 e. The van der Waals surface area contributed by atoms with Crippen LogP contribution in [0.4, 0.5) is 10.2 Å². The highest BCUT2D eigenvalue weighted by Crippen LogP contribution is 2.30. The molecule has 0 spiro atoms. The van der Waals surface area contributed by atoms with E-state index in [0.717, 1.165) is 29.9 Å². The Balaban J connectivity index is 2.22. The highest BCUT2D eigenvalue weighted by Gasteiger charge is 2.16. The maximum atomic E-state index is 13.6. The molecular formula is C13H16FN. The number of anilines is 1. The van der Waals surface area contributed by atoms with Gasteiger partial charge in [-0.15, -0.1) is 0 Å². The summed E-state index contributed by atoms with van der Waals surface area (Å²) in [6.45, 7) is 2.58. The molecule has 0 bridgehead atoms. The molecule has 0 radical (unpaired) electrons. The fourth-order valence-corrected chi connectivity index (χ4v) is 1.91. The topological polar surface area (TPSA) is 3.24 Å². The summed E-state index contributed by atoms with van der Waals surface area (Å²) in [5, 5.41) is 0.848. The summed E-state index contributed by atoms with van der Waals surface area (Å²) in [5.74, 6) is 0. The summed E-state index contributed by atoms with van der Waals surface area (Å²) >= 11 is 0. The van der Waals surface area contributed by atoms with Crippen LogP contribution in [0.5, 0.6) is 0 Å². The van der Waals surface area contributed by atoms with Crippen molar-refractivity contribution in [3.05, 3.63) is 35.4 Å². The molecule has 1 aromatic carbocycles. The van der Waals surface area contributed by atoms with Crippen LogP contribution < -0.4 is 5.12 Å². The second-order valence-corrected chi connectivity index (χ2v) is 3.99. The Labute approximate surface area is 90.2 Å². The van der Waals surface area contributed by atoms with Crippen molar-refractivity contribution in [3.63, 3.8) is 0 Å². The Morgan fingerprint density at radius 3 is 2.93 bits per heavy atom. The van der Waals surface area contributed by atoms with Crippen molar-refractivity contribution in [1.82, 2.24) is 0 Å². The lowest BCUT2D eigenvalue weighted by Gasteiger charge is -2.23. The summed E-state index contributed by atoms with van der Waals surface area (Å²) in [4.78, 5) is 0. The molecule has 0 saturated carbocycles. The van der Waals surface area contributed by atoms with E-state index in [-0.39, 0.29) is 0 Å². The van der Waals surface area contributed by atoms with Crippen molar-refractivity contribution in [2.24, 2.45) is 0 Å². The van der Waals surface area contributed by atoms with Gasteiger partial charge in [-0.05, 0) is 24.5 Å². The summed E-state index contributed by atoms with van der Waals surface area (Å²) < 4.78 is 13.6. The Morgan fingerprint density at radius 2 is 2.13 bits per heavy atom. The third-order valence-electron chi connectivity index (χ3n) is 2.75. The number of nitrogens with zero attached hydrogens (tertiary/aromatic N) is 1. The molecule has 0 amide bonds. The van der Waals surface area contributed by atoms with Gasteiger partial charge in [-0.3, -0.25) is 0 Å². The average Bonchev–Trinajstić information content (AvgIpc) is 2.26. The van der Waals surface area contributed by atoms with Crippen LogP contribution in [0.1, 0.15) is 31.7 Å². The summed E-state index contributed by atoms with van der Waals surface area (Å²) in [6.07, 6.45) is 5.43. The highest BCUT2D eigenvalue weighted by atomic mass is 19.2. The van der Waals surface area contributed by atoms with Crippen molar-refractivity contribution in [3.8, 4) is 0 Å². The first-order chi connectivity index (χ1) is 7.31. The van der Waals surface area contributed by atoms with Crippen LogP contribution in [0.3, 0.4) is 0 Å². The lowest BCUT2D eigenvalue weighted by Crippen LogP contribution is -2.19. The van der Waals surface area contributed by atoms with Crippen LogP contribution in [0.15, 0.2) is 29.8 Å². The zero-order valence-electron chi connectivity index (χ0n) is 9.04. The van der Waals surface area contributed by atoms with Crippen molar-refractivity contribution < 1.29 is 4.48 Å². The minimum absolute atomic E-state index is 0.428. The first kappa shape index (κ1) is 10.2. The number of hydrogen-bond acceptors (Lipinski definition) is 1. The normalized spacial score (nSPS) is 14.8. The second kappa shape index (κ2) is 4.47. The molecule has 0 saturated heterocycles. The average molecular weight is 205 g/mol. The van der Waals surface area contributed by atoms with Crippen LogP contribution in [0.25, 0.3) is 6.08 Å². The Kier molecular flexibility index (Phi) is 3.05. The van der Waals surface area contributed by atoms with Gasteiger partial charge in [0.1, 0.15) is 0 Å². The number of hydrogen-bond donors (Lipinski definition) is 0. The second-order valence-electron chi connectivity index (χ2n) is 3.99. The van der Waals surface area contributed by atoms with E-state index in [1.807, 2.05) is 24.3 Å². The lowest BCUT2D eigenvalue weighted by atomic mass is 10.0. The molecule has 2 heteroatoms. The summed E-state index contributed by atoms with van der Waals surface area (Å²) in [5.41, 5.74) is 2.88. The van der Waals surface area contributed by atoms with Gasteiger partial charge < -0.3 is 0 Å². The standard InChI is InChI=1S/C13H16FN/c1-2-3-6-11-9-12-7-4-5-8-13(12)15(14)10-11/h4-5,7-9H,2-3,6,10H2,1H3. The summed E-state index contributed by atoms with van der Waals surface area (Å²) in [6, 6.07) is 7.61. The first-order valence-electron chi connectivity index (χ1n) is 5.53. The van der Waals surface area contributed by atoms with Crippen molar-refractivity contribution >= 4 is 11.8 Å². The number of halogens is 1. The zero-order valence-corrected chi connectivity index (χ0v) is 9.04. The third-order valence-corrected chi connectivity index (χ3v) is 2.75. The first-order valence-corrected chi connectivity index (χ1v) is 5.53. The van der Waals surface area contributed by atoms with E-state index in [0.29, 0.717) is 12.2 Å². The van der Waals surface area contributed by atoms with Crippen LogP contribution in [0.2, 0.25) is 0 Å². The highest BCUT2D eigenvalue weighted by molar-refractivity contribution is 5.72. The molecule has 0 fully saturated rings. The molecule has 2 rings (SSSR count). The van der Waals surface area contributed by atoms with Gasteiger partial charge in [0.25, 0.3) is 0 Å². The van der Waals surface area contributed by atoms with E-state index >= 15 is 0 Å². The minimum atomic E-state index is 0.428. The monoisotopic (exact) mass is 205 g/mol. The Bertz CT molecular complexity index is 371. The predicted octanol–water partition coefficient (Wildman–Crippen LogP) is 3.96. The molecule has 80 valence electrons. The Hall–Kier alpha value is -1.31. The molecule has 0 aliphatic carbocycles. The molecule has 0 aromatic heterocycles. The number of para-hydroxylation sites is 1. The van der Waals surface area contributed by atoms with E-state index in [9.17, 15) is 4.48 Å². The van der Waals surface area contributed by atoms with Gasteiger partial charge in [-0.2, -0.15) is 0 Å². The largest absolute Gasteiger partial charge is 0.207 e. The molecule has 0 N–H and O–H groups in total. The van der Waals surface area contributed by atoms with Crippen molar-refractivity contribution in [1.29, 1.82) is 0 Å². The maximum absolute atomic E-state index is 13.6. The molecule has 1 nitrogen and oxygen atoms in total. The van der Waals surface area contributed by atoms with E-state index in [2.05, 4.69) is 13.0 Å². The fourth-order valence-electron chi connectivity index (χ4n) is 1.91. The molecular weight excluding hydrogens is 189 g/mol. The third kappa shape index (κ3) is 2.20. The van der Waals surface area contributed by atoms with Gasteiger partial charge in [0.2, 0.25) is 0 Å². The number of rotatable bonds is 3. The number of unbranched alkanes of at least 4 members (excludes halogenated alkanes) is 1. The summed E-state index contributed by atoms with van der Waals surface area (Å²) in [7, 11) is 0. The van der Waals surface area contributed by atoms with E-state index in [1.165, 1.54) is 5.57 Å². The van der Waals surface area contributed by atoms with Crippen LogP contribution in [-0.2, 0) is 0 Å². The Morgan fingerprint density at radius 1 is 1.33 bits per heavy atom. The SMILES string of the molecule is CCCCC1=Cc2ccccc2N(F)C1. The van der Waals surface area contributed by atoms with Gasteiger partial charge >= 0.3 is 0 Å². The lowest BCUT2D eigenvalue weighted by molar-refractivity contribution is 0.444.